The summed E-state index contributed by atoms with van der Waals surface area (Å²) >= 11 is 0. The maximum Gasteiger partial charge on any atom is 0.191 e. The van der Waals surface area contributed by atoms with Crippen molar-refractivity contribution in [3.8, 4) is 0 Å². The predicted octanol–water partition coefficient (Wildman–Crippen LogP) is 2.49. The highest BCUT2D eigenvalue weighted by Crippen LogP contribution is 1.99. The Balaban J connectivity index is 0.00000529. The summed E-state index contributed by atoms with van der Waals surface area (Å²) in [7, 11) is 1.82. The van der Waals surface area contributed by atoms with E-state index >= 15 is 0 Å². The summed E-state index contributed by atoms with van der Waals surface area (Å²) in [5.41, 5.74) is 1.19. The molecule has 2 N–H and O–H groups in total. The van der Waals surface area contributed by atoms with Gasteiger partial charge >= 0.3 is 0 Å². The average molecular weight is 450 g/mol. The molecule has 1 aromatic rings. The molecule has 1 rings (SSSR count). The van der Waals surface area contributed by atoms with E-state index < -0.39 is 0 Å². The highest BCUT2D eigenvalue weighted by molar-refractivity contribution is 14.0. The third kappa shape index (κ3) is 9.46. The van der Waals surface area contributed by atoms with Crippen LogP contribution in [-0.4, -0.2) is 59.9 Å². The number of halogens is 1. The van der Waals surface area contributed by atoms with Gasteiger partial charge in [-0.05, 0) is 51.9 Å². The fourth-order valence-electron chi connectivity index (χ4n) is 2.54. The molecule has 0 aliphatic rings. The van der Waals surface area contributed by atoms with Crippen molar-refractivity contribution >= 4 is 29.9 Å². The number of hydrogen-bond acceptors (Lipinski definition) is 3. The third-order valence-corrected chi connectivity index (χ3v) is 4.01. The molecular formula is C17H35IN6. The third-order valence-electron chi connectivity index (χ3n) is 4.01. The molecule has 140 valence electrons. The Morgan fingerprint density at radius 1 is 1.38 bits per heavy atom. The van der Waals surface area contributed by atoms with E-state index in [1.165, 1.54) is 18.5 Å². The second kappa shape index (κ2) is 13.5. The molecule has 0 aromatic carbocycles. The zero-order chi connectivity index (χ0) is 17.1. The molecule has 0 saturated carbocycles. The quantitative estimate of drug-likeness (QED) is 0.327. The molecular weight excluding hydrogens is 415 g/mol. The van der Waals surface area contributed by atoms with Gasteiger partial charge < -0.3 is 15.5 Å². The topological polar surface area (TPSA) is 57.5 Å². The van der Waals surface area contributed by atoms with Gasteiger partial charge in [0.1, 0.15) is 0 Å². The summed E-state index contributed by atoms with van der Waals surface area (Å²) < 4.78 is 1.95. The largest absolute Gasteiger partial charge is 0.355 e. The van der Waals surface area contributed by atoms with Crippen molar-refractivity contribution in [2.45, 2.75) is 53.1 Å². The van der Waals surface area contributed by atoms with Gasteiger partial charge in [-0.15, -0.1) is 24.0 Å². The minimum Gasteiger partial charge on any atom is -0.355 e. The zero-order valence-electron chi connectivity index (χ0n) is 15.9. The molecule has 0 radical (unpaired) electrons. The van der Waals surface area contributed by atoms with Gasteiger partial charge in [-0.25, -0.2) is 0 Å². The van der Waals surface area contributed by atoms with E-state index in [1.54, 1.807) is 0 Å². The number of hydrogen-bond donors (Lipinski definition) is 2. The molecule has 1 atom stereocenters. The Kier molecular flexibility index (Phi) is 13.0. The Bertz CT molecular complexity index is 456. The molecule has 24 heavy (non-hydrogen) atoms. The fraction of sp³-hybridized carbons (Fsp3) is 0.765. The average Bonchev–Trinajstić information content (AvgIpc) is 2.96. The molecule has 7 heteroatoms. The van der Waals surface area contributed by atoms with Crippen molar-refractivity contribution < 1.29 is 0 Å². The Hall–Kier alpha value is -0.830. The van der Waals surface area contributed by atoms with Gasteiger partial charge in [-0.3, -0.25) is 9.67 Å². The van der Waals surface area contributed by atoms with Crippen LogP contribution in [0.3, 0.4) is 0 Å². The molecule has 0 amide bonds. The number of nitrogens with zero attached hydrogens (tertiary/aromatic N) is 4. The Morgan fingerprint density at radius 2 is 2.08 bits per heavy atom. The number of aryl methyl sites for hydroxylation is 1. The monoisotopic (exact) mass is 450 g/mol. The molecule has 0 bridgehead atoms. The lowest BCUT2D eigenvalue weighted by Crippen LogP contribution is -2.43. The van der Waals surface area contributed by atoms with Crippen molar-refractivity contribution in [1.29, 1.82) is 0 Å². The van der Waals surface area contributed by atoms with E-state index in [4.69, 9.17) is 0 Å². The lowest BCUT2D eigenvalue weighted by molar-refractivity contribution is 0.292. The lowest BCUT2D eigenvalue weighted by atomic mass is 10.2. The minimum atomic E-state index is 0. The van der Waals surface area contributed by atoms with Crippen LogP contribution in [0, 0.1) is 6.92 Å². The first kappa shape index (κ1) is 23.2. The standard InChI is InChI=1S/C17H34N6.HI/c1-6-22(7-2)11-8-9-16(4)21-17(18-5)19-10-12-23-14-15(3)13-20-23;/h13-14,16H,6-12H2,1-5H3,(H2,18,19,21);1H. The molecule has 1 heterocycles. The molecule has 6 nitrogen and oxygen atoms in total. The molecule has 0 aliphatic heterocycles. The summed E-state index contributed by atoms with van der Waals surface area (Å²) in [4.78, 5) is 6.76. The number of nitrogens with one attached hydrogen (secondary N) is 2. The number of guanidine groups is 1. The van der Waals surface area contributed by atoms with Crippen molar-refractivity contribution in [3.63, 3.8) is 0 Å². The van der Waals surface area contributed by atoms with Gasteiger partial charge in [0.2, 0.25) is 0 Å². The summed E-state index contributed by atoms with van der Waals surface area (Å²) in [5.74, 6) is 0.865. The first-order valence-corrected chi connectivity index (χ1v) is 8.77. The van der Waals surface area contributed by atoms with E-state index in [0.717, 1.165) is 38.6 Å². The van der Waals surface area contributed by atoms with Crippen LogP contribution in [0.25, 0.3) is 0 Å². The van der Waals surface area contributed by atoms with E-state index in [0.29, 0.717) is 6.04 Å². The van der Waals surface area contributed by atoms with Crippen LogP contribution in [0.5, 0.6) is 0 Å². The lowest BCUT2D eigenvalue weighted by Gasteiger charge is -2.21. The highest BCUT2D eigenvalue weighted by atomic mass is 127. The summed E-state index contributed by atoms with van der Waals surface area (Å²) in [6, 6.07) is 0.420. The Labute approximate surface area is 164 Å². The van der Waals surface area contributed by atoms with Crippen LogP contribution in [0.15, 0.2) is 17.4 Å². The van der Waals surface area contributed by atoms with Crippen molar-refractivity contribution in [2.24, 2.45) is 4.99 Å². The van der Waals surface area contributed by atoms with Gasteiger partial charge in [0.05, 0.1) is 12.7 Å². The molecule has 0 spiro atoms. The smallest absolute Gasteiger partial charge is 0.191 e. The van der Waals surface area contributed by atoms with E-state index in [9.17, 15) is 0 Å². The van der Waals surface area contributed by atoms with Crippen LogP contribution < -0.4 is 10.6 Å². The van der Waals surface area contributed by atoms with Gasteiger partial charge in [0.25, 0.3) is 0 Å². The van der Waals surface area contributed by atoms with E-state index in [-0.39, 0.29) is 24.0 Å². The van der Waals surface area contributed by atoms with E-state index in [1.807, 2.05) is 24.1 Å². The van der Waals surface area contributed by atoms with Crippen LogP contribution in [0.2, 0.25) is 0 Å². The molecule has 1 aromatic heterocycles. The maximum atomic E-state index is 4.29. The van der Waals surface area contributed by atoms with Crippen LogP contribution >= 0.6 is 24.0 Å². The second-order valence-electron chi connectivity index (χ2n) is 5.99. The molecule has 0 aliphatic carbocycles. The maximum absolute atomic E-state index is 4.29. The number of aromatic nitrogens is 2. The first-order valence-electron chi connectivity index (χ1n) is 8.77. The fourth-order valence-corrected chi connectivity index (χ4v) is 2.54. The van der Waals surface area contributed by atoms with Gasteiger partial charge in [-0.1, -0.05) is 13.8 Å². The van der Waals surface area contributed by atoms with Crippen LogP contribution in [0.1, 0.15) is 39.2 Å². The van der Waals surface area contributed by atoms with Gasteiger partial charge in [0, 0.05) is 25.8 Å². The number of aliphatic imine (C=N–C) groups is 1. The number of rotatable bonds is 10. The van der Waals surface area contributed by atoms with Crippen molar-refractivity contribution in [2.75, 3.05) is 33.2 Å². The van der Waals surface area contributed by atoms with Crippen LogP contribution in [-0.2, 0) is 6.54 Å². The summed E-state index contributed by atoms with van der Waals surface area (Å²) in [6.45, 7) is 13.8. The van der Waals surface area contributed by atoms with Gasteiger partial charge in [-0.2, -0.15) is 5.10 Å². The van der Waals surface area contributed by atoms with Crippen molar-refractivity contribution in [1.82, 2.24) is 25.3 Å². The highest BCUT2D eigenvalue weighted by Gasteiger charge is 2.06. The molecule has 0 saturated heterocycles. The molecule has 1 unspecified atom stereocenters. The minimum absolute atomic E-state index is 0. The van der Waals surface area contributed by atoms with E-state index in [2.05, 4.69) is 53.3 Å². The Morgan fingerprint density at radius 3 is 2.62 bits per heavy atom. The van der Waals surface area contributed by atoms with Crippen LogP contribution in [0.4, 0.5) is 0 Å². The first-order chi connectivity index (χ1) is 11.1. The SMILES string of the molecule is CCN(CC)CCCC(C)NC(=NC)NCCn1cc(C)cn1.I. The zero-order valence-corrected chi connectivity index (χ0v) is 18.2. The van der Waals surface area contributed by atoms with Crippen molar-refractivity contribution in [3.05, 3.63) is 18.0 Å². The molecule has 0 fully saturated rings. The summed E-state index contributed by atoms with van der Waals surface area (Å²) in [6.07, 6.45) is 6.29. The normalized spacial score (nSPS) is 12.8. The second-order valence-corrected chi connectivity index (χ2v) is 5.99. The predicted molar refractivity (Wildman–Crippen MR) is 113 cm³/mol. The summed E-state index contributed by atoms with van der Waals surface area (Å²) in [5, 5.41) is 11.1. The van der Waals surface area contributed by atoms with Gasteiger partial charge in [0.15, 0.2) is 5.96 Å².